The van der Waals surface area contributed by atoms with Gasteiger partial charge in [0.05, 0.1) is 22.1 Å². The highest BCUT2D eigenvalue weighted by Crippen LogP contribution is 2.24. The number of anilines is 2. The van der Waals surface area contributed by atoms with Crippen molar-refractivity contribution < 1.29 is 25.0 Å². The Morgan fingerprint density at radius 3 is 1.68 bits per heavy atom. The highest BCUT2D eigenvalue weighted by atomic mass is 35.5. The van der Waals surface area contributed by atoms with Crippen LogP contribution in [-0.4, -0.2) is 59.8 Å². The van der Waals surface area contributed by atoms with Crippen LogP contribution in [0.3, 0.4) is 0 Å². The molecule has 0 saturated heterocycles. The third kappa shape index (κ3) is 7.05. The van der Waals surface area contributed by atoms with E-state index in [1.807, 2.05) is 36.4 Å². The van der Waals surface area contributed by atoms with Crippen molar-refractivity contribution in [3.63, 3.8) is 0 Å². The first kappa shape index (κ1) is 27.0. The Hall–Kier alpha value is -3.04. The van der Waals surface area contributed by atoms with Gasteiger partial charge in [0.1, 0.15) is 0 Å². The number of benzene rings is 2. The molecular formula is C27H33Cl2N5O3+2. The van der Waals surface area contributed by atoms with E-state index >= 15 is 0 Å². The molecule has 0 saturated carbocycles. The summed E-state index contributed by atoms with van der Waals surface area (Å²) in [4.78, 5) is 2.39. The Balaban J connectivity index is 1.38. The number of nitrogens with one attached hydrogen (secondary N) is 2. The molecule has 0 spiro atoms. The molecule has 4 aromatic rings. The number of unbranched alkanes of at least 4 members (excludes halogenated alkanes) is 2. The molecule has 5 N–H and O–H groups in total. The van der Waals surface area contributed by atoms with E-state index in [1.165, 1.54) is 0 Å². The molecule has 0 atom stereocenters. The predicted molar refractivity (Wildman–Crippen MR) is 147 cm³/mol. The number of nitrogens with zero attached hydrogens (tertiary/aromatic N) is 3. The molecule has 0 aliphatic rings. The molecule has 37 heavy (non-hydrogen) atoms. The van der Waals surface area contributed by atoms with Crippen LogP contribution in [0.15, 0.2) is 60.9 Å². The molecule has 2 aromatic carbocycles. The first-order valence-corrected chi connectivity index (χ1v) is 13.2. The lowest BCUT2D eigenvalue weighted by molar-refractivity contribution is -0.884. The Labute approximate surface area is 226 Å². The van der Waals surface area contributed by atoms with Crippen LogP contribution in [0.4, 0.5) is 11.4 Å². The summed E-state index contributed by atoms with van der Waals surface area (Å²) in [6, 6.07) is 14.6. The zero-order valence-corrected chi connectivity index (χ0v) is 22.1. The fraction of sp³-hybridized carbons (Fsp3) is 0.333. The molecule has 0 aliphatic heterocycles. The number of hydrogen-bond acceptors (Lipinski definition) is 6. The Kier molecular flexibility index (Phi) is 9.46. The molecule has 0 amide bonds. The van der Waals surface area contributed by atoms with Crippen molar-refractivity contribution in [3.05, 3.63) is 71.0 Å². The molecule has 196 valence electrons. The average molecular weight is 546 g/mol. The van der Waals surface area contributed by atoms with Gasteiger partial charge in [0.15, 0.2) is 0 Å². The summed E-state index contributed by atoms with van der Waals surface area (Å²) < 4.78 is 2.15. The van der Waals surface area contributed by atoms with E-state index in [1.54, 1.807) is 24.5 Å². The van der Waals surface area contributed by atoms with Gasteiger partial charge in [-0.1, -0.05) is 23.2 Å². The van der Waals surface area contributed by atoms with E-state index in [2.05, 4.69) is 15.5 Å². The van der Waals surface area contributed by atoms with E-state index in [0.717, 1.165) is 83.6 Å². The van der Waals surface area contributed by atoms with Gasteiger partial charge < -0.3 is 15.7 Å². The molecule has 2 heterocycles. The van der Waals surface area contributed by atoms with Gasteiger partial charge in [0.2, 0.25) is 12.4 Å². The number of aliphatic hydroxyl groups is 1. The third-order valence-electron chi connectivity index (χ3n) is 6.38. The van der Waals surface area contributed by atoms with Crippen LogP contribution in [0.1, 0.15) is 19.3 Å². The summed E-state index contributed by atoms with van der Waals surface area (Å²) in [6.07, 6.45) is 6.00. The van der Waals surface area contributed by atoms with Crippen LogP contribution in [0.5, 0.6) is 0 Å². The molecule has 0 radical (unpaired) electrons. The molecule has 8 nitrogen and oxygen atoms in total. The van der Waals surface area contributed by atoms with Gasteiger partial charge in [-0.3, -0.25) is 15.3 Å². The van der Waals surface area contributed by atoms with Gasteiger partial charge in [0.25, 0.3) is 11.0 Å². The number of rotatable bonds is 13. The van der Waals surface area contributed by atoms with Crippen molar-refractivity contribution in [2.24, 2.45) is 0 Å². The summed E-state index contributed by atoms with van der Waals surface area (Å²) in [6.45, 7) is 4.24. The minimum Gasteiger partial charge on any atom is -0.396 e. The highest BCUT2D eigenvalue weighted by Gasteiger charge is 2.15. The largest absolute Gasteiger partial charge is 0.396 e. The number of fused-ring (bicyclic) bond motifs is 2. The Morgan fingerprint density at radius 1 is 0.676 bits per heavy atom. The smallest absolute Gasteiger partial charge is 0.268 e. The van der Waals surface area contributed by atoms with Crippen LogP contribution >= 0.6 is 23.2 Å². The van der Waals surface area contributed by atoms with Gasteiger partial charge >= 0.3 is 0 Å². The average Bonchev–Trinajstić information content (AvgIpc) is 2.89. The topological polar surface area (TPSA) is 95.8 Å². The molecule has 0 fully saturated rings. The maximum absolute atomic E-state index is 10.1. The Bertz CT molecular complexity index is 1260. The van der Waals surface area contributed by atoms with Crippen molar-refractivity contribution in [3.8, 4) is 0 Å². The first-order chi connectivity index (χ1) is 18.0. The van der Waals surface area contributed by atoms with E-state index in [4.69, 9.17) is 28.3 Å². The fourth-order valence-corrected chi connectivity index (χ4v) is 4.77. The molecule has 0 unspecified atom stereocenters. The van der Waals surface area contributed by atoms with Gasteiger partial charge in [-0.25, -0.2) is 0 Å². The first-order valence-electron chi connectivity index (χ1n) is 12.4. The summed E-state index contributed by atoms with van der Waals surface area (Å²) in [5.41, 5.74) is 3.15. The SMILES string of the molecule is OCCCCCN(CCNc1cc[n+](O)c2cc(Cl)ccc12)CCNc1cc[n+](O)c2cc(Cl)ccc12. The van der Waals surface area contributed by atoms with E-state index < -0.39 is 0 Å². The molecule has 0 aliphatic carbocycles. The van der Waals surface area contributed by atoms with E-state index in [9.17, 15) is 10.4 Å². The van der Waals surface area contributed by atoms with Gasteiger partial charge in [-0.15, -0.1) is 0 Å². The van der Waals surface area contributed by atoms with E-state index in [0.29, 0.717) is 21.1 Å². The third-order valence-corrected chi connectivity index (χ3v) is 6.85. The van der Waals surface area contributed by atoms with Crippen molar-refractivity contribution in [2.75, 3.05) is 50.0 Å². The minimum atomic E-state index is 0.217. The molecule has 10 heteroatoms. The molecule has 2 aromatic heterocycles. The Morgan fingerprint density at radius 2 is 1.19 bits per heavy atom. The maximum Gasteiger partial charge on any atom is 0.268 e. The lowest BCUT2D eigenvalue weighted by Gasteiger charge is -2.23. The zero-order valence-electron chi connectivity index (χ0n) is 20.6. The number of aromatic nitrogens is 2. The summed E-state index contributed by atoms with van der Waals surface area (Å²) >= 11 is 12.2. The fourth-order valence-electron chi connectivity index (χ4n) is 4.44. The summed E-state index contributed by atoms with van der Waals surface area (Å²) in [7, 11) is 0. The summed E-state index contributed by atoms with van der Waals surface area (Å²) in [5, 5.41) is 39.3. The number of hydrogen-bond donors (Lipinski definition) is 5. The van der Waals surface area contributed by atoms with Crippen molar-refractivity contribution in [1.29, 1.82) is 0 Å². The van der Waals surface area contributed by atoms with Gasteiger partial charge in [-0.05, 0) is 50.1 Å². The van der Waals surface area contributed by atoms with Gasteiger partial charge in [0, 0.05) is 76.6 Å². The van der Waals surface area contributed by atoms with Crippen LogP contribution in [-0.2, 0) is 0 Å². The monoisotopic (exact) mass is 545 g/mol. The van der Waals surface area contributed by atoms with Crippen LogP contribution in [0.2, 0.25) is 10.0 Å². The van der Waals surface area contributed by atoms with Crippen molar-refractivity contribution >= 4 is 56.4 Å². The van der Waals surface area contributed by atoms with Gasteiger partial charge in [-0.2, -0.15) is 0 Å². The quantitative estimate of drug-likeness (QED) is 0.0974. The molecular weight excluding hydrogens is 513 g/mol. The molecule has 4 rings (SSSR count). The predicted octanol–water partition coefficient (Wildman–Crippen LogP) is 4.34. The highest BCUT2D eigenvalue weighted by molar-refractivity contribution is 6.31. The van der Waals surface area contributed by atoms with Crippen molar-refractivity contribution in [2.45, 2.75) is 19.3 Å². The second kappa shape index (κ2) is 13.0. The van der Waals surface area contributed by atoms with Crippen LogP contribution in [0.25, 0.3) is 21.8 Å². The standard InChI is InChI=1S/C27H31Cl2N5O3/c28-20-4-6-22-24(8-13-33(36)26(22)18-20)30-10-15-32(12-2-1-3-17-35)16-11-31-25-9-14-34(37)27-19-21(29)5-7-23(25)27/h4-9,13-14,18-19,35-37H,1-3,10-12,15-17H2/p+2. The number of pyridine rings is 2. The second-order valence-electron chi connectivity index (χ2n) is 8.95. The number of aliphatic hydroxyl groups excluding tert-OH is 1. The second-order valence-corrected chi connectivity index (χ2v) is 9.82. The lowest BCUT2D eigenvalue weighted by Crippen LogP contribution is -2.35. The maximum atomic E-state index is 10.1. The number of halogens is 2. The molecule has 0 bridgehead atoms. The van der Waals surface area contributed by atoms with Crippen molar-refractivity contribution in [1.82, 2.24) is 4.90 Å². The van der Waals surface area contributed by atoms with Crippen LogP contribution in [0, 0.1) is 0 Å². The normalized spacial score (nSPS) is 11.5. The minimum absolute atomic E-state index is 0.217. The van der Waals surface area contributed by atoms with Crippen LogP contribution < -0.4 is 20.1 Å². The zero-order chi connectivity index (χ0) is 26.2. The lowest BCUT2D eigenvalue weighted by atomic mass is 10.2. The van der Waals surface area contributed by atoms with E-state index in [-0.39, 0.29) is 6.61 Å². The summed E-state index contributed by atoms with van der Waals surface area (Å²) in [5.74, 6) is 0.